The van der Waals surface area contributed by atoms with Crippen LogP contribution in [0, 0.1) is 5.82 Å². The second-order valence-corrected chi connectivity index (χ2v) is 9.89. The van der Waals surface area contributed by atoms with Gasteiger partial charge in [0.25, 0.3) is 12.4 Å². The molecule has 5 rings (SSSR count). The normalized spacial score (nSPS) is 16.3. The maximum Gasteiger partial charge on any atom is 0.340 e. The van der Waals surface area contributed by atoms with Crippen molar-refractivity contribution in [2.24, 2.45) is 0 Å². The maximum absolute atomic E-state index is 15.0. The number of alkyl halides is 4. The molecular weight excluding hydrogens is 551 g/mol. The summed E-state index contributed by atoms with van der Waals surface area (Å²) in [6.07, 6.45) is 2.81. The average molecular weight is 587 g/mol. The average Bonchev–Trinajstić information content (AvgIpc) is 3.90. The number of rotatable bonds is 10. The molecule has 1 amide bonds. The van der Waals surface area contributed by atoms with Gasteiger partial charge in [0.2, 0.25) is 5.88 Å². The molecule has 1 aliphatic heterocycles. The third-order valence-corrected chi connectivity index (χ3v) is 6.86. The highest BCUT2D eigenvalue weighted by Crippen LogP contribution is 2.46. The summed E-state index contributed by atoms with van der Waals surface area (Å²) in [5.74, 6) is -4.64. The number of hydrogen-bond donors (Lipinski definition) is 1. The van der Waals surface area contributed by atoms with Crippen LogP contribution in [0.5, 0.6) is 11.6 Å². The lowest BCUT2D eigenvalue weighted by atomic mass is 9.99. The predicted molar refractivity (Wildman–Crippen MR) is 141 cm³/mol. The zero-order valence-electron chi connectivity index (χ0n) is 23.1. The third-order valence-electron chi connectivity index (χ3n) is 6.86. The number of carbonyl (C=O) groups is 2. The van der Waals surface area contributed by atoms with Crippen molar-refractivity contribution in [3.05, 3.63) is 52.5 Å². The summed E-state index contributed by atoms with van der Waals surface area (Å²) in [5.41, 5.74) is 2.14. The molecule has 12 heteroatoms. The number of carboxylic acid groups (broad SMARTS) is 1. The molecule has 0 bridgehead atoms. The van der Waals surface area contributed by atoms with E-state index in [9.17, 15) is 26.7 Å². The van der Waals surface area contributed by atoms with Gasteiger partial charge < -0.3 is 19.5 Å². The molecule has 0 spiro atoms. The molecule has 0 radical (unpaired) electrons. The Morgan fingerprint density at radius 2 is 1.66 bits per heavy atom. The maximum atomic E-state index is 15.0. The van der Waals surface area contributed by atoms with Gasteiger partial charge in [-0.25, -0.2) is 18.2 Å². The summed E-state index contributed by atoms with van der Waals surface area (Å²) in [6, 6.07) is 4.62. The van der Waals surface area contributed by atoms with Crippen LogP contribution < -0.4 is 9.47 Å². The molecule has 3 aliphatic rings. The van der Waals surface area contributed by atoms with E-state index in [0.29, 0.717) is 30.0 Å². The first-order chi connectivity index (χ1) is 19.6. The lowest BCUT2D eigenvalue weighted by Crippen LogP contribution is -2.34. The van der Waals surface area contributed by atoms with Gasteiger partial charge in [0.05, 0.1) is 11.8 Å². The van der Waals surface area contributed by atoms with Crippen LogP contribution in [0.3, 0.4) is 0 Å². The van der Waals surface area contributed by atoms with Gasteiger partial charge in [-0.1, -0.05) is 13.8 Å². The topological polar surface area (TPSA) is 89.0 Å². The van der Waals surface area contributed by atoms with E-state index in [1.54, 1.807) is 17.0 Å². The van der Waals surface area contributed by atoms with E-state index >= 15 is 0 Å². The van der Waals surface area contributed by atoms with Crippen molar-refractivity contribution in [3.8, 4) is 11.6 Å². The summed E-state index contributed by atoms with van der Waals surface area (Å²) in [7, 11) is 0. The number of amides is 1. The van der Waals surface area contributed by atoms with Crippen molar-refractivity contribution in [2.75, 3.05) is 19.7 Å². The van der Waals surface area contributed by atoms with Crippen LogP contribution in [-0.4, -0.2) is 59.4 Å². The van der Waals surface area contributed by atoms with E-state index in [2.05, 4.69) is 4.98 Å². The van der Waals surface area contributed by atoms with Gasteiger partial charge in [0, 0.05) is 18.7 Å². The molecule has 0 atom stereocenters. The fourth-order valence-electron chi connectivity index (χ4n) is 4.51. The Bertz CT molecular complexity index is 1180. The number of likely N-dealkylation sites (tertiary alicyclic amines) is 1. The van der Waals surface area contributed by atoms with Crippen LogP contribution in [0.15, 0.2) is 24.4 Å². The number of carbonyl (C=O) groups excluding carboxylic acids is 1. The molecule has 1 aromatic heterocycles. The van der Waals surface area contributed by atoms with Crippen molar-refractivity contribution < 1.29 is 46.1 Å². The van der Waals surface area contributed by atoms with Crippen LogP contribution in [0.2, 0.25) is 0 Å². The van der Waals surface area contributed by atoms with Crippen LogP contribution in [0.4, 0.5) is 22.0 Å². The van der Waals surface area contributed by atoms with Crippen LogP contribution in [0.25, 0.3) is 0 Å². The largest absolute Gasteiger partial charge is 0.487 e. The van der Waals surface area contributed by atoms with Crippen molar-refractivity contribution >= 4 is 12.4 Å². The molecule has 3 fully saturated rings. The highest BCUT2D eigenvalue weighted by Gasteiger charge is 2.42. The number of hydrogen-bond acceptors (Lipinski definition) is 5. The summed E-state index contributed by atoms with van der Waals surface area (Å²) >= 11 is 0. The van der Waals surface area contributed by atoms with E-state index in [-0.39, 0.29) is 42.3 Å². The number of ether oxygens (including phenoxy) is 2. The SMILES string of the molecule is CC.O=C(c1cc(C2CC2)c(COc2cnc(OCC(F)(F)C(F)F)c(C3CC3)c2)cc1F)N1CCCC1.O=CO. The third kappa shape index (κ3) is 8.53. The highest BCUT2D eigenvalue weighted by molar-refractivity contribution is 5.95. The van der Waals surface area contributed by atoms with Crippen LogP contribution >= 0.6 is 0 Å². The van der Waals surface area contributed by atoms with E-state index in [0.717, 1.165) is 44.1 Å². The summed E-state index contributed by atoms with van der Waals surface area (Å²) in [4.78, 5) is 26.9. The Labute approximate surface area is 235 Å². The van der Waals surface area contributed by atoms with Crippen molar-refractivity contribution in [3.63, 3.8) is 0 Å². The number of aromatic nitrogens is 1. The molecule has 1 N–H and O–H groups in total. The molecule has 2 aliphatic carbocycles. The Kier molecular flexibility index (Phi) is 11.3. The fourth-order valence-corrected chi connectivity index (χ4v) is 4.51. The van der Waals surface area contributed by atoms with Crippen molar-refractivity contribution in [1.29, 1.82) is 0 Å². The molecule has 2 aromatic rings. The summed E-state index contributed by atoms with van der Waals surface area (Å²) < 4.78 is 77.3. The van der Waals surface area contributed by atoms with Gasteiger partial charge in [0.1, 0.15) is 18.2 Å². The monoisotopic (exact) mass is 586 g/mol. The van der Waals surface area contributed by atoms with Crippen molar-refractivity contribution in [2.45, 2.75) is 83.2 Å². The fraction of sp³-hybridized carbons (Fsp3) is 0.552. The van der Waals surface area contributed by atoms with E-state index < -0.39 is 24.8 Å². The van der Waals surface area contributed by atoms with Crippen molar-refractivity contribution in [1.82, 2.24) is 9.88 Å². The molecule has 2 saturated carbocycles. The molecule has 2 heterocycles. The molecule has 41 heavy (non-hydrogen) atoms. The zero-order chi connectivity index (χ0) is 30.2. The second kappa shape index (κ2) is 14.5. The Hall–Kier alpha value is -3.44. The van der Waals surface area contributed by atoms with Gasteiger partial charge in [0.15, 0.2) is 6.61 Å². The molecule has 1 saturated heterocycles. The summed E-state index contributed by atoms with van der Waals surface area (Å²) in [6.45, 7) is 3.59. The predicted octanol–water partition coefficient (Wildman–Crippen LogP) is 6.80. The van der Waals surface area contributed by atoms with E-state index in [4.69, 9.17) is 19.4 Å². The second-order valence-electron chi connectivity index (χ2n) is 9.89. The minimum atomic E-state index is -4.27. The van der Waals surface area contributed by atoms with Gasteiger partial charge in [-0.05, 0) is 79.7 Å². The smallest absolute Gasteiger partial charge is 0.340 e. The quantitative estimate of drug-likeness (QED) is 0.244. The first kappa shape index (κ1) is 32.1. The standard InChI is InChI=1S/C26H27F5N2O3.C2H6.CH2O2/c27-22-9-17(19(15-3-4-15)11-21(22)24(34)33-7-1-2-8-33)13-35-18-10-20(16-5-6-16)23(32-12-18)36-14-26(30,31)25(28)29;1-2;2-1-3/h9-12,15-16,25H,1-8,13-14H2;1-2H3;1H,(H,2,3). The molecular formula is C29H35F5N2O5. The first-order valence-corrected chi connectivity index (χ1v) is 13.8. The Morgan fingerprint density at radius 1 is 1.07 bits per heavy atom. The van der Waals surface area contributed by atoms with E-state index in [1.807, 2.05) is 13.8 Å². The highest BCUT2D eigenvalue weighted by atomic mass is 19.3. The number of nitrogens with zero attached hydrogens (tertiary/aromatic N) is 2. The lowest BCUT2D eigenvalue weighted by molar-refractivity contribution is -0.148. The molecule has 0 unspecified atom stereocenters. The Morgan fingerprint density at radius 3 is 2.22 bits per heavy atom. The lowest BCUT2D eigenvalue weighted by Gasteiger charge is -2.19. The number of halogens is 5. The van der Waals surface area contributed by atoms with Crippen LogP contribution in [0.1, 0.15) is 91.3 Å². The van der Waals surface area contributed by atoms with Gasteiger partial charge in [-0.15, -0.1) is 0 Å². The minimum absolute atomic E-state index is 0.0339. The first-order valence-electron chi connectivity index (χ1n) is 13.8. The minimum Gasteiger partial charge on any atom is -0.487 e. The molecule has 226 valence electrons. The zero-order valence-corrected chi connectivity index (χ0v) is 23.1. The summed E-state index contributed by atoms with van der Waals surface area (Å²) in [5, 5.41) is 6.89. The van der Waals surface area contributed by atoms with Gasteiger partial charge in [-0.3, -0.25) is 9.59 Å². The number of pyridine rings is 1. The number of benzene rings is 1. The Balaban J connectivity index is 0.000000868. The molecule has 7 nitrogen and oxygen atoms in total. The van der Waals surface area contributed by atoms with Gasteiger partial charge in [-0.2, -0.15) is 8.78 Å². The molecule has 1 aromatic carbocycles. The van der Waals surface area contributed by atoms with Gasteiger partial charge >= 0.3 is 12.3 Å². The van der Waals surface area contributed by atoms with E-state index in [1.165, 1.54) is 12.3 Å². The van der Waals surface area contributed by atoms with Crippen LogP contribution in [-0.2, 0) is 11.4 Å².